The summed E-state index contributed by atoms with van der Waals surface area (Å²) in [7, 11) is 3.06. The average molecular weight is 509 g/mol. The Morgan fingerprint density at radius 3 is 2.81 bits per heavy atom. The van der Waals surface area contributed by atoms with E-state index in [2.05, 4.69) is 21.0 Å². The zero-order chi connectivity index (χ0) is 25.6. The highest BCUT2D eigenvalue weighted by Gasteiger charge is 2.80. The van der Waals surface area contributed by atoms with Gasteiger partial charge in [-0.2, -0.15) is 0 Å². The highest BCUT2D eigenvalue weighted by molar-refractivity contribution is 5.94. The molecule has 2 N–H and O–H groups in total. The zero-order valence-corrected chi connectivity index (χ0v) is 21.6. The Bertz CT molecular complexity index is 1200. The molecule has 2 spiro atoms. The predicted molar refractivity (Wildman–Crippen MR) is 134 cm³/mol. The Hall–Kier alpha value is -2.58. The third kappa shape index (κ3) is 2.97. The second-order valence-electron chi connectivity index (χ2n) is 12.1. The number of methoxy groups -OCH3 is 2. The van der Waals surface area contributed by atoms with Gasteiger partial charge in [0.15, 0.2) is 11.5 Å². The van der Waals surface area contributed by atoms with Crippen molar-refractivity contribution in [2.75, 3.05) is 33.9 Å². The minimum atomic E-state index is -0.565. The summed E-state index contributed by atoms with van der Waals surface area (Å²) in [5.41, 5.74) is 1.82. The summed E-state index contributed by atoms with van der Waals surface area (Å²) in [6, 6.07) is 4.34. The number of rotatable bonds is 7. The van der Waals surface area contributed by atoms with Crippen LogP contribution in [0.25, 0.3) is 0 Å². The van der Waals surface area contributed by atoms with Gasteiger partial charge in [0.1, 0.15) is 11.7 Å². The van der Waals surface area contributed by atoms with Crippen molar-refractivity contribution in [2.45, 2.75) is 68.1 Å². The van der Waals surface area contributed by atoms with E-state index < -0.39 is 11.6 Å². The molecule has 5 aliphatic carbocycles. The molecular formula is C29H36N2O6. The van der Waals surface area contributed by atoms with Gasteiger partial charge in [-0.05, 0) is 69.0 Å². The van der Waals surface area contributed by atoms with Gasteiger partial charge in [-0.3, -0.25) is 9.69 Å². The van der Waals surface area contributed by atoms with Crippen molar-refractivity contribution in [3.8, 4) is 11.5 Å². The van der Waals surface area contributed by atoms with E-state index in [0.717, 1.165) is 50.6 Å². The second-order valence-corrected chi connectivity index (χ2v) is 12.1. The van der Waals surface area contributed by atoms with Crippen LogP contribution in [0.2, 0.25) is 0 Å². The third-order valence-corrected chi connectivity index (χ3v) is 10.9. The van der Waals surface area contributed by atoms with Gasteiger partial charge in [0.2, 0.25) is 5.91 Å². The standard InChI is InChI=1S/C29H36N2O6/c1-35-23(34)8-7-22(33)30-15-19-14-27-9-10-29(19,36-2)26-28(27)11-12-31(16-17-3-4-17)21(27)13-18-5-6-20(32)25(37-26)24(18)28/h5-8,17,19,21,26,32H,3-4,9-16H2,1-2H3,(H,30,33). The van der Waals surface area contributed by atoms with Crippen LogP contribution in [-0.2, 0) is 30.9 Å². The molecular weight excluding hydrogens is 472 g/mol. The highest BCUT2D eigenvalue weighted by Crippen LogP contribution is 2.76. The van der Waals surface area contributed by atoms with Crippen molar-refractivity contribution in [1.82, 2.24) is 10.2 Å². The molecule has 1 amide bonds. The van der Waals surface area contributed by atoms with Crippen LogP contribution in [0.5, 0.6) is 11.5 Å². The van der Waals surface area contributed by atoms with E-state index in [4.69, 9.17) is 9.47 Å². The van der Waals surface area contributed by atoms with Gasteiger partial charge >= 0.3 is 5.97 Å². The fourth-order valence-electron chi connectivity index (χ4n) is 9.28. The lowest BCUT2D eigenvalue weighted by atomic mass is 9.35. The van der Waals surface area contributed by atoms with E-state index in [9.17, 15) is 14.7 Å². The van der Waals surface area contributed by atoms with Crippen molar-refractivity contribution >= 4 is 11.9 Å². The van der Waals surface area contributed by atoms with Crippen molar-refractivity contribution in [2.24, 2.45) is 17.3 Å². The lowest BCUT2D eigenvalue weighted by molar-refractivity contribution is -0.276. The normalized spacial score (nSPS) is 38.8. The van der Waals surface area contributed by atoms with Crippen molar-refractivity contribution < 1.29 is 28.9 Å². The Labute approximate surface area is 217 Å². The maximum absolute atomic E-state index is 12.6. The first kappa shape index (κ1) is 23.5. The van der Waals surface area contributed by atoms with E-state index in [0.29, 0.717) is 18.3 Å². The second kappa shape index (κ2) is 7.96. The minimum absolute atomic E-state index is 0.00831. The first-order chi connectivity index (χ1) is 17.9. The van der Waals surface area contributed by atoms with E-state index in [-0.39, 0.29) is 34.5 Å². The fourth-order valence-corrected chi connectivity index (χ4v) is 9.28. The molecule has 1 saturated heterocycles. The number of esters is 1. The maximum Gasteiger partial charge on any atom is 0.330 e. The van der Waals surface area contributed by atoms with E-state index in [1.807, 2.05) is 0 Å². The number of phenolic OH excluding ortho intramolecular Hbond substituents is 1. The van der Waals surface area contributed by atoms with Crippen LogP contribution in [0.3, 0.4) is 0 Å². The summed E-state index contributed by atoms with van der Waals surface area (Å²) < 4.78 is 17.9. The summed E-state index contributed by atoms with van der Waals surface area (Å²) >= 11 is 0. The molecule has 4 bridgehead atoms. The minimum Gasteiger partial charge on any atom is -0.504 e. The molecule has 1 aromatic carbocycles. The van der Waals surface area contributed by atoms with Gasteiger partial charge in [-0.25, -0.2) is 4.79 Å². The van der Waals surface area contributed by atoms with Crippen molar-refractivity contribution in [3.63, 3.8) is 0 Å². The first-order valence-electron chi connectivity index (χ1n) is 13.7. The third-order valence-electron chi connectivity index (χ3n) is 10.9. The average Bonchev–Trinajstić information content (AvgIpc) is 3.65. The Kier molecular flexibility index (Phi) is 5.06. The SMILES string of the molecule is COC(=O)C=CC(=O)NCC1CC23CCC1(OC)C1Oc4c(O)ccc5c4C12CCN(CC1CC1)C3C5. The van der Waals surface area contributed by atoms with Crippen molar-refractivity contribution in [1.29, 1.82) is 0 Å². The lowest BCUT2D eigenvalue weighted by Crippen LogP contribution is -2.81. The van der Waals surface area contributed by atoms with E-state index in [1.54, 1.807) is 13.2 Å². The number of likely N-dealkylation sites (tertiary alicyclic amines) is 1. The number of fused-ring (bicyclic) bond motifs is 2. The molecule has 2 heterocycles. The number of hydrogen-bond acceptors (Lipinski definition) is 7. The Balaban J connectivity index is 1.29. The molecule has 4 saturated carbocycles. The van der Waals surface area contributed by atoms with Crippen LogP contribution in [0.15, 0.2) is 24.3 Å². The molecule has 7 aliphatic rings. The number of hydrogen-bond donors (Lipinski definition) is 2. The summed E-state index contributed by atoms with van der Waals surface area (Å²) in [6.07, 6.45) is 9.71. The number of carbonyl (C=O) groups is 2. The summed E-state index contributed by atoms with van der Waals surface area (Å²) in [5, 5.41) is 14.0. The van der Waals surface area contributed by atoms with Crippen molar-refractivity contribution in [3.05, 3.63) is 35.4 Å². The number of benzene rings is 1. The lowest BCUT2D eigenvalue weighted by Gasteiger charge is -2.74. The summed E-state index contributed by atoms with van der Waals surface area (Å²) in [6.45, 7) is 2.67. The van der Waals surface area contributed by atoms with Crippen LogP contribution in [0.4, 0.5) is 0 Å². The van der Waals surface area contributed by atoms with Crippen LogP contribution in [-0.4, -0.2) is 73.5 Å². The maximum atomic E-state index is 12.6. The molecule has 2 aliphatic heterocycles. The Morgan fingerprint density at radius 1 is 1.22 bits per heavy atom. The first-order valence-corrected chi connectivity index (χ1v) is 13.7. The molecule has 0 aromatic heterocycles. The zero-order valence-electron chi connectivity index (χ0n) is 21.6. The summed E-state index contributed by atoms with van der Waals surface area (Å²) in [4.78, 5) is 26.8. The number of ether oxygens (including phenoxy) is 3. The predicted octanol–water partition coefficient (Wildman–Crippen LogP) is 2.46. The van der Waals surface area contributed by atoms with E-state index in [1.165, 1.54) is 43.7 Å². The number of nitrogens with one attached hydrogen (secondary N) is 1. The molecule has 6 unspecified atom stereocenters. The molecule has 5 fully saturated rings. The smallest absolute Gasteiger partial charge is 0.330 e. The fraction of sp³-hybridized carbons (Fsp3) is 0.655. The van der Waals surface area contributed by atoms with Gasteiger partial charge in [0, 0.05) is 60.7 Å². The molecule has 198 valence electrons. The molecule has 8 nitrogen and oxygen atoms in total. The molecule has 8 rings (SSSR count). The highest BCUT2D eigenvalue weighted by atomic mass is 16.6. The van der Waals surface area contributed by atoms with Crippen LogP contribution in [0, 0.1) is 17.3 Å². The van der Waals surface area contributed by atoms with Gasteiger partial charge in [0.05, 0.1) is 7.11 Å². The van der Waals surface area contributed by atoms with E-state index >= 15 is 0 Å². The number of piperidine rings is 1. The molecule has 0 radical (unpaired) electrons. The van der Waals surface area contributed by atoms with Crippen LogP contribution >= 0.6 is 0 Å². The molecule has 6 atom stereocenters. The van der Waals surface area contributed by atoms with Crippen LogP contribution in [0.1, 0.15) is 49.7 Å². The number of phenols is 1. The van der Waals surface area contributed by atoms with Crippen LogP contribution < -0.4 is 10.1 Å². The molecule has 8 heteroatoms. The Morgan fingerprint density at radius 2 is 2.05 bits per heavy atom. The molecule has 37 heavy (non-hydrogen) atoms. The number of nitrogens with zero attached hydrogens (tertiary/aromatic N) is 1. The van der Waals surface area contributed by atoms with Gasteiger partial charge in [-0.1, -0.05) is 6.07 Å². The monoisotopic (exact) mass is 508 g/mol. The number of amides is 1. The summed E-state index contributed by atoms with van der Waals surface area (Å²) in [5.74, 6) is 0.885. The number of aromatic hydroxyl groups is 1. The molecule has 1 aromatic rings. The van der Waals surface area contributed by atoms with Gasteiger partial charge < -0.3 is 24.6 Å². The topological polar surface area (TPSA) is 97.3 Å². The number of carbonyl (C=O) groups excluding carboxylic acids is 2. The van der Waals surface area contributed by atoms with Gasteiger partial charge in [-0.15, -0.1) is 0 Å². The largest absolute Gasteiger partial charge is 0.504 e. The quantitative estimate of drug-likeness (QED) is 0.431. The van der Waals surface area contributed by atoms with Gasteiger partial charge in [0.25, 0.3) is 0 Å².